The lowest BCUT2D eigenvalue weighted by Gasteiger charge is -2.28. The second kappa shape index (κ2) is 14.0. The van der Waals surface area contributed by atoms with E-state index in [9.17, 15) is 9.59 Å². The monoisotopic (exact) mass is 571 g/mol. The molecule has 1 saturated carbocycles. The van der Waals surface area contributed by atoms with Crippen LogP contribution in [0, 0.1) is 18.8 Å². The van der Waals surface area contributed by atoms with Gasteiger partial charge in [0.1, 0.15) is 0 Å². The SMILES string of the molecule is CCCC1CCC(C(=O)Nc2ccc(C)c(N)c2)CC1.CCc1c(Br)cc(NC2COC2)cc1C(C)=O. The molecular weight excluding hydrogens is 530 g/mol. The summed E-state index contributed by atoms with van der Waals surface area (Å²) in [4.78, 5) is 23.9. The predicted molar refractivity (Wildman–Crippen MR) is 156 cm³/mol. The van der Waals surface area contributed by atoms with Crippen molar-refractivity contribution in [2.24, 2.45) is 11.8 Å². The fourth-order valence-corrected chi connectivity index (χ4v) is 5.77. The standard InChI is InChI=1S/C17H26N2O.C13H16BrNO2/c1-3-4-13-6-8-14(9-7-13)17(20)19-15-10-5-12(2)16(18)11-15;1-3-11-12(8(2)16)4-9(5-13(11)14)15-10-6-17-7-10/h5,10-11,13-14H,3-4,6-9,18H2,1-2H3,(H,19,20);4-5,10,15H,3,6-7H2,1-2H3. The van der Waals surface area contributed by atoms with Gasteiger partial charge in [0.05, 0.1) is 19.3 Å². The van der Waals surface area contributed by atoms with E-state index < -0.39 is 0 Å². The van der Waals surface area contributed by atoms with Crippen LogP contribution < -0.4 is 16.4 Å². The average Bonchev–Trinajstić information content (AvgIpc) is 2.84. The zero-order valence-electron chi connectivity index (χ0n) is 22.7. The summed E-state index contributed by atoms with van der Waals surface area (Å²) in [6, 6.07) is 10.0. The molecule has 1 aliphatic heterocycles. The molecule has 0 unspecified atom stereocenters. The second-order valence-corrected chi connectivity index (χ2v) is 11.2. The molecule has 1 saturated heterocycles. The fourth-order valence-electron chi connectivity index (χ4n) is 5.03. The molecule has 4 N–H and O–H groups in total. The minimum atomic E-state index is 0.107. The van der Waals surface area contributed by atoms with Crippen LogP contribution in [0.3, 0.4) is 0 Å². The summed E-state index contributed by atoms with van der Waals surface area (Å²) in [5, 5.41) is 6.37. The quantitative estimate of drug-likeness (QED) is 0.231. The zero-order valence-corrected chi connectivity index (χ0v) is 24.2. The molecule has 1 aliphatic carbocycles. The Morgan fingerprint density at radius 1 is 1.05 bits per heavy atom. The first-order valence-electron chi connectivity index (χ1n) is 13.6. The van der Waals surface area contributed by atoms with E-state index in [-0.39, 0.29) is 17.6 Å². The number of carbonyl (C=O) groups excluding carboxylic acids is 2. The molecule has 0 spiro atoms. The highest BCUT2D eigenvalue weighted by molar-refractivity contribution is 9.10. The molecular formula is C30H42BrN3O3. The number of benzene rings is 2. The molecule has 2 aliphatic rings. The predicted octanol–water partition coefficient (Wildman–Crippen LogP) is 7.15. The summed E-state index contributed by atoms with van der Waals surface area (Å²) in [6.07, 6.45) is 7.86. The number of Topliss-reactive ketones (excluding diaryl/α,β-unsaturated/α-hetero) is 1. The van der Waals surface area contributed by atoms with Gasteiger partial charge in [-0.1, -0.05) is 48.7 Å². The Balaban J connectivity index is 0.000000208. The molecule has 0 aromatic heterocycles. The average molecular weight is 573 g/mol. The van der Waals surface area contributed by atoms with Gasteiger partial charge in [-0.2, -0.15) is 0 Å². The van der Waals surface area contributed by atoms with Crippen LogP contribution in [0.2, 0.25) is 0 Å². The van der Waals surface area contributed by atoms with Crippen molar-refractivity contribution in [2.45, 2.75) is 78.7 Å². The van der Waals surface area contributed by atoms with Gasteiger partial charge in [-0.15, -0.1) is 0 Å². The van der Waals surface area contributed by atoms with Gasteiger partial charge >= 0.3 is 0 Å². The van der Waals surface area contributed by atoms with E-state index in [1.54, 1.807) is 6.92 Å². The number of hydrogen-bond acceptors (Lipinski definition) is 5. The van der Waals surface area contributed by atoms with E-state index in [0.717, 1.165) is 76.6 Å². The number of ketones is 1. The van der Waals surface area contributed by atoms with Gasteiger partial charge in [-0.3, -0.25) is 9.59 Å². The molecule has 37 heavy (non-hydrogen) atoms. The van der Waals surface area contributed by atoms with Crippen LogP contribution in [0.1, 0.15) is 80.8 Å². The van der Waals surface area contributed by atoms with Crippen LogP contribution in [0.5, 0.6) is 0 Å². The topological polar surface area (TPSA) is 93.5 Å². The highest BCUT2D eigenvalue weighted by Gasteiger charge is 2.26. The Morgan fingerprint density at radius 3 is 2.30 bits per heavy atom. The van der Waals surface area contributed by atoms with Crippen molar-refractivity contribution >= 4 is 44.7 Å². The molecule has 0 radical (unpaired) electrons. The minimum absolute atomic E-state index is 0.107. The smallest absolute Gasteiger partial charge is 0.227 e. The van der Waals surface area contributed by atoms with Gasteiger partial charge in [0.25, 0.3) is 0 Å². The maximum atomic E-state index is 12.3. The van der Waals surface area contributed by atoms with Gasteiger partial charge in [-0.05, 0) is 87.3 Å². The van der Waals surface area contributed by atoms with Crippen LogP contribution >= 0.6 is 15.9 Å². The van der Waals surface area contributed by atoms with Crippen molar-refractivity contribution < 1.29 is 14.3 Å². The van der Waals surface area contributed by atoms with E-state index in [1.807, 2.05) is 37.3 Å². The molecule has 202 valence electrons. The third kappa shape index (κ3) is 8.30. The number of nitrogens with two attached hydrogens (primary N) is 1. The number of ether oxygens (including phenoxy) is 1. The first kappa shape index (κ1) is 29.2. The summed E-state index contributed by atoms with van der Waals surface area (Å²) < 4.78 is 6.11. The number of nitrogens with one attached hydrogen (secondary N) is 2. The zero-order chi connectivity index (χ0) is 26.9. The first-order chi connectivity index (χ1) is 17.7. The van der Waals surface area contributed by atoms with Crippen LogP contribution in [0.15, 0.2) is 34.8 Å². The highest BCUT2D eigenvalue weighted by Crippen LogP contribution is 2.32. The van der Waals surface area contributed by atoms with Gasteiger partial charge in [0.15, 0.2) is 5.78 Å². The number of anilines is 3. The highest BCUT2D eigenvalue weighted by atomic mass is 79.9. The van der Waals surface area contributed by atoms with Crippen molar-refractivity contribution in [1.29, 1.82) is 0 Å². The molecule has 0 bridgehead atoms. The Bertz CT molecular complexity index is 1080. The third-order valence-corrected chi connectivity index (χ3v) is 8.11. The van der Waals surface area contributed by atoms with E-state index >= 15 is 0 Å². The van der Waals surface area contributed by atoms with Crippen LogP contribution in [0.4, 0.5) is 17.1 Å². The summed E-state index contributed by atoms with van der Waals surface area (Å²) >= 11 is 3.53. The number of carbonyl (C=O) groups is 2. The maximum absolute atomic E-state index is 12.3. The third-order valence-electron chi connectivity index (χ3n) is 7.40. The van der Waals surface area contributed by atoms with Crippen LogP contribution in [0.25, 0.3) is 0 Å². The van der Waals surface area contributed by atoms with Crippen LogP contribution in [-0.2, 0) is 16.0 Å². The molecule has 2 aromatic rings. The lowest BCUT2D eigenvalue weighted by Crippen LogP contribution is -2.40. The molecule has 2 fully saturated rings. The van der Waals surface area contributed by atoms with Gasteiger partial charge in [0.2, 0.25) is 5.91 Å². The molecule has 2 aromatic carbocycles. The van der Waals surface area contributed by atoms with Gasteiger partial charge in [-0.25, -0.2) is 0 Å². The molecule has 4 rings (SSSR count). The number of nitrogen functional groups attached to an aromatic ring is 1. The molecule has 1 amide bonds. The molecule has 0 atom stereocenters. The summed E-state index contributed by atoms with van der Waals surface area (Å²) in [6.45, 7) is 9.35. The number of hydrogen-bond donors (Lipinski definition) is 3. The maximum Gasteiger partial charge on any atom is 0.227 e. The van der Waals surface area contributed by atoms with E-state index in [0.29, 0.717) is 6.04 Å². The fraction of sp³-hybridized carbons (Fsp3) is 0.533. The number of rotatable bonds is 8. The van der Waals surface area contributed by atoms with Crippen LogP contribution in [-0.4, -0.2) is 30.9 Å². The molecule has 1 heterocycles. The minimum Gasteiger partial charge on any atom is -0.398 e. The Hall–Kier alpha value is -2.38. The lowest BCUT2D eigenvalue weighted by molar-refractivity contribution is -0.121. The van der Waals surface area contributed by atoms with E-state index in [4.69, 9.17) is 10.5 Å². The van der Waals surface area contributed by atoms with Gasteiger partial charge < -0.3 is 21.1 Å². The van der Waals surface area contributed by atoms with Crippen molar-refractivity contribution in [3.8, 4) is 0 Å². The summed E-state index contributed by atoms with van der Waals surface area (Å²) in [5.41, 5.74) is 11.3. The van der Waals surface area contributed by atoms with Gasteiger partial charge in [0, 0.05) is 33.0 Å². The van der Waals surface area contributed by atoms with E-state index in [1.165, 1.54) is 25.7 Å². The molecule has 6 nitrogen and oxygen atoms in total. The number of aryl methyl sites for hydroxylation is 1. The second-order valence-electron chi connectivity index (χ2n) is 10.3. The first-order valence-corrected chi connectivity index (χ1v) is 14.4. The van der Waals surface area contributed by atoms with E-state index in [2.05, 4.69) is 40.4 Å². The molecule has 7 heteroatoms. The number of halogens is 1. The van der Waals surface area contributed by atoms with Crippen molar-refractivity contribution in [3.05, 3.63) is 51.5 Å². The van der Waals surface area contributed by atoms with Crippen molar-refractivity contribution in [3.63, 3.8) is 0 Å². The normalized spacial score (nSPS) is 19.3. The summed E-state index contributed by atoms with van der Waals surface area (Å²) in [5.74, 6) is 1.27. The lowest BCUT2D eigenvalue weighted by atomic mass is 9.80. The number of amides is 1. The largest absolute Gasteiger partial charge is 0.398 e. The Morgan fingerprint density at radius 2 is 1.76 bits per heavy atom. The van der Waals surface area contributed by atoms with Crippen molar-refractivity contribution in [2.75, 3.05) is 29.6 Å². The Labute approximate surface area is 230 Å². The Kier molecular flexibility index (Phi) is 11.0. The summed E-state index contributed by atoms with van der Waals surface area (Å²) in [7, 11) is 0. The van der Waals surface area contributed by atoms with Crippen molar-refractivity contribution in [1.82, 2.24) is 0 Å².